The van der Waals surface area contributed by atoms with Crippen LogP contribution in [0.4, 0.5) is 4.79 Å². The molecule has 4 rings (SSSR count). The second-order valence-corrected chi connectivity index (χ2v) is 9.09. The van der Waals surface area contributed by atoms with Gasteiger partial charge in [-0.3, -0.25) is 9.69 Å². The first-order chi connectivity index (χ1) is 16.7. The minimum Gasteiger partial charge on any atom is -0.488 e. The summed E-state index contributed by atoms with van der Waals surface area (Å²) in [6.45, 7) is 0.0559. The number of esters is 1. The average Bonchev–Trinajstić information content (AvgIpc) is 3.40. The van der Waals surface area contributed by atoms with Crippen molar-refractivity contribution < 1.29 is 28.3 Å². The normalized spacial score (nSPS) is 14.4. The molecule has 2 aromatic carbocycles. The fourth-order valence-corrected chi connectivity index (χ4v) is 3.95. The highest BCUT2D eigenvalue weighted by molar-refractivity contribution is 9.10. The molecule has 180 valence electrons. The van der Waals surface area contributed by atoms with Gasteiger partial charge in [-0.05, 0) is 54.1 Å². The second-order valence-electron chi connectivity index (χ2n) is 7.36. The summed E-state index contributed by atoms with van der Waals surface area (Å²) in [5, 5.41) is 3.42. The van der Waals surface area contributed by atoms with E-state index in [9.17, 15) is 14.4 Å². The third kappa shape index (κ3) is 5.70. The fourth-order valence-electron chi connectivity index (χ4n) is 3.25. The van der Waals surface area contributed by atoms with E-state index in [1.54, 1.807) is 36.4 Å². The van der Waals surface area contributed by atoms with Gasteiger partial charge in [0.25, 0.3) is 5.91 Å². The standard InChI is InChI=1S/C24H17BrCl2N2O6/c1-33-23(31)21-7-4-16(35-21)11-29-22(30)19(28-24(29)32)10-14-9-15(25)3-6-20(14)34-12-13-2-5-17(26)18(27)8-13/h2-10H,11-12H2,1H3,(H,28,32)/b19-10-. The van der Waals surface area contributed by atoms with Crippen LogP contribution in [0.2, 0.25) is 10.0 Å². The van der Waals surface area contributed by atoms with Crippen molar-refractivity contribution in [3.05, 3.63) is 91.4 Å². The number of ether oxygens (including phenoxy) is 2. The van der Waals surface area contributed by atoms with Crippen molar-refractivity contribution in [2.75, 3.05) is 7.11 Å². The molecule has 0 spiro atoms. The van der Waals surface area contributed by atoms with Crippen LogP contribution >= 0.6 is 39.1 Å². The van der Waals surface area contributed by atoms with Gasteiger partial charge < -0.3 is 19.2 Å². The summed E-state index contributed by atoms with van der Waals surface area (Å²) in [7, 11) is 1.23. The zero-order valence-electron chi connectivity index (χ0n) is 18.1. The first-order valence-corrected chi connectivity index (χ1v) is 11.7. The van der Waals surface area contributed by atoms with Gasteiger partial charge in [0.2, 0.25) is 5.76 Å². The minimum atomic E-state index is -0.655. The number of benzene rings is 2. The van der Waals surface area contributed by atoms with Crippen LogP contribution in [-0.2, 0) is 22.7 Å². The Morgan fingerprint density at radius 2 is 1.91 bits per heavy atom. The zero-order valence-corrected chi connectivity index (χ0v) is 21.2. The molecule has 0 aliphatic carbocycles. The summed E-state index contributed by atoms with van der Waals surface area (Å²) in [4.78, 5) is 37.9. The first-order valence-electron chi connectivity index (χ1n) is 10.1. The number of halogens is 3. The molecule has 0 atom stereocenters. The molecule has 1 aromatic heterocycles. The van der Waals surface area contributed by atoms with Crippen molar-refractivity contribution in [1.29, 1.82) is 0 Å². The summed E-state index contributed by atoms with van der Waals surface area (Å²) in [6, 6.07) is 12.8. The third-order valence-corrected chi connectivity index (χ3v) is 6.21. The van der Waals surface area contributed by atoms with E-state index in [4.69, 9.17) is 32.4 Å². The van der Waals surface area contributed by atoms with Crippen molar-refractivity contribution in [2.24, 2.45) is 0 Å². The van der Waals surface area contributed by atoms with Gasteiger partial charge in [-0.1, -0.05) is 45.2 Å². The van der Waals surface area contributed by atoms with Crippen LogP contribution in [0.1, 0.15) is 27.4 Å². The molecule has 3 amide bonds. The average molecular weight is 580 g/mol. The number of carbonyl (C=O) groups is 3. The Morgan fingerprint density at radius 1 is 1.11 bits per heavy atom. The topological polar surface area (TPSA) is 98.1 Å². The van der Waals surface area contributed by atoms with Crippen LogP contribution in [0.15, 0.2) is 63.1 Å². The van der Waals surface area contributed by atoms with Crippen LogP contribution in [0.25, 0.3) is 6.08 Å². The van der Waals surface area contributed by atoms with Gasteiger partial charge >= 0.3 is 12.0 Å². The minimum absolute atomic E-state index is 0.0248. The molecule has 1 aliphatic heterocycles. The van der Waals surface area contributed by atoms with Gasteiger partial charge in [-0.15, -0.1) is 0 Å². The molecule has 0 bridgehead atoms. The summed E-state index contributed by atoms with van der Waals surface area (Å²) in [6.07, 6.45) is 1.52. The summed E-state index contributed by atoms with van der Waals surface area (Å²) in [5.41, 5.74) is 1.44. The zero-order chi connectivity index (χ0) is 25.1. The van der Waals surface area contributed by atoms with E-state index < -0.39 is 17.9 Å². The predicted octanol–water partition coefficient (Wildman–Crippen LogP) is 5.81. The van der Waals surface area contributed by atoms with Crippen molar-refractivity contribution >= 4 is 63.1 Å². The molecular formula is C24H17BrCl2N2O6. The molecule has 11 heteroatoms. The SMILES string of the molecule is COC(=O)c1ccc(CN2C(=O)N/C(=C\c3cc(Br)ccc3OCc3ccc(Cl)c(Cl)c3)C2=O)o1. The first kappa shape index (κ1) is 24.8. The third-order valence-electron chi connectivity index (χ3n) is 4.97. The monoisotopic (exact) mass is 578 g/mol. The maximum atomic E-state index is 12.9. The maximum absolute atomic E-state index is 12.9. The van der Waals surface area contributed by atoms with Crippen molar-refractivity contribution in [3.8, 4) is 5.75 Å². The smallest absolute Gasteiger partial charge is 0.373 e. The van der Waals surface area contributed by atoms with E-state index in [0.29, 0.717) is 21.4 Å². The molecule has 1 fully saturated rings. The Hall–Kier alpha value is -3.27. The number of nitrogens with zero attached hydrogens (tertiary/aromatic N) is 1. The number of rotatable bonds is 7. The van der Waals surface area contributed by atoms with E-state index in [2.05, 4.69) is 26.0 Å². The molecular weight excluding hydrogens is 563 g/mol. The Labute approximate surface area is 218 Å². The maximum Gasteiger partial charge on any atom is 0.373 e. The van der Waals surface area contributed by atoms with E-state index in [1.807, 2.05) is 0 Å². The van der Waals surface area contributed by atoms with Gasteiger partial charge in [0.1, 0.15) is 23.8 Å². The Morgan fingerprint density at radius 3 is 2.66 bits per heavy atom. The number of hydrogen-bond donors (Lipinski definition) is 1. The lowest BCUT2D eigenvalue weighted by atomic mass is 10.1. The van der Waals surface area contributed by atoms with Crippen molar-refractivity contribution in [1.82, 2.24) is 10.2 Å². The Kier molecular flexibility index (Phi) is 7.49. The van der Waals surface area contributed by atoms with Crippen LogP contribution in [-0.4, -0.2) is 29.9 Å². The van der Waals surface area contributed by atoms with E-state index in [1.165, 1.54) is 25.3 Å². The lowest BCUT2D eigenvalue weighted by Crippen LogP contribution is -2.30. The molecule has 8 nitrogen and oxygen atoms in total. The van der Waals surface area contributed by atoms with E-state index in [-0.39, 0.29) is 30.4 Å². The number of carbonyl (C=O) groups excluding carboxylic acids is 3. The van der Waals surface area contributed by atoms with Gasteiger partial charge in [-0.25, -0.2) is 9.59 Å². The number of imide groups is 1. The van der Waals surface area contributed by atoms with Gasteiger partial charge in [0.15, 0.2) is 0 Å². The molecule has 1 N–H and O–H groups in total. The summed E-state index contributed by atoms with van der Waals surface area (Å²) >= 11 is 15.4. The highest BCUT2D eigenvalue weighted by Crippen LogP contribution is 2.29. The van der Waals surface area contributed by atoms with Gasteiger partial charge in [-0.2, -0.15) is 0 Å². The Balaban J connectivity index is 1.52. The number of amides is 3. The molecule has 1 saturated heterocycles. The van der Waals surface area contributed by atoms with Gasteiger partial charge in [0.05, 0.1) is 23.7 Å². The number of methoxy groups -OCH3 is 1. The molecule has 1 aliphatic rings. The van der Waals surface area contributed by atoms with Crippen LogP contribution in [0, 0.1) is 0 Å². The van der Waals surface area contributed by atoms with E-state index in [0.717, 1.165) is 14.9 Å². The highest BCUT2D eigenvalue weighted by Gasteiger charge is 2.34. The largest absolute Gasteiger partial charge is 0.488 e. The number of hydrogen-bond acceptors (Lipinski definition) is 6. The van der Waals surface area contributed by atoms with Crippen LogP contribution < -0.4 is 10.1 Å². The molecule has 3 aromatic rings. The lowest BCUT2D eigenvalue weighted by molar-refractivity contribution is -0.123. The fraction of sp³-hybridized carbons (Fsp3) is 0.125. The van der Waals surface area contributed by atoms with Crippen LogP contribution in [0.3, 0.4) is 0 Å². The van der Waals surface area contributed by atoms with E-state index >= 15 is 0 Å². The number of furan rings is 1. The summed E-state index contributed by atoms with van der Waals surface area (Å²) in [5.74, 6) is -0.494. The van der Waals surface area contributed by atoms with Crippen LogP contribution in [0.5, 0.6) is 5.75 Å². The van der Waals surface area contributed by atoms with Crippen molar-refractivity contribution in [3.63, 3.8) is 0 Å². The number of urea groups is 1. The quantitative estimate of drug-likeness (QED) is 0.215. The highest BCUT2D eigenvalue weighted by atomic mass is 79.9. The predicted molar refractivity (Wildman–Crippen MR) is 132 cm³/mol. The molecule has 0 saturated carbocycles. The summed E-state index contributed by atoms with van der Waals surface area (Å²) < 4.78 is 16.7. The van der Waals surface area contributed by atoms with Gasteiger partial charge in [0, 0.05) is 10.0 Å². The Bertz CT molecular complexity index is 1350. The lowest BCUT2D eigenvalue weighted by Gasteiger charge is -2.11. The number of nitrogens with one attached hydrogen (secondary N) is 1. The molecule has 35 heavy (non-hydrogen) atoms. The second kappa shape index (κ2) is 10.6. The molecule has 0 unspecified atom stereocenters. The van der Waals surface area contributed by atoms with Crippen molar-refractivity contribution in [2.45, 2.75) is 13.2 Å². The molecule has 2 heterocycles. The molecule has 0 radical (unpaired) electrons.